The zero-order valence-corrected chi connectivity index (χ0v) is 8.00. The van der Waals surface area contributed by atoms with Crippen molar-refractivity contribution in [3.05, 3.63) is 40.6 Å². The molecule has 0 amide bonds. The Bertz CT molecular complexity index is 364. The van der Waals surface area contributed by atoms with Crippen molar-refractivity contribution in [1.82, 2.24) is 9.55 Å². The largest absolute Gasteiger partial charge is 0.348 e. The molecular weight excluding hydrogens is 182 g/mol. The van der Waals surface area contributed by atoms with Crippen molar-refractivity contribution >= 4 is 11.3 Å². The molecule has 2 rings (SSSR count). The molecular formula is C9H11N3S. The summed E-state index contributed by atoms with van der Waals surface area (Å²) < 4.78 is 2.09. The number of aromatic nitrogens is 2. The van der Waals surface area contributed by atoms with E-state index in [-0.39, 0.29) is 0 Å². The minimum atomic E-state index is 0.601. The Morgan fingerprint density at radius 1 is 1.54 bits per heavy atom. The van der Waals surface area contributed by atoms with Gasteiger partial charge in [0.1, 0.15) is 0 Å². The molecule has 0 unspecified atom stereocenters. The van der Waals surface area contributed by atoms with Crippen LogP contribution in [0.5, 0.6) is 0 Å². The van der Waals surface area contributed by atoms with Gasteiger partial charge in [0.15, 0.2) is 0 Å². The lowest BCUT2D eigenvalue weighted by Crippen LogP contribution is -1.97. The van der Waals surface area contributed by atoms with Gasteiger partial charge in [0.2, 0.25) is 0 Å². The smallest absolute Gasteiger partial charge is 0.0795 e. The summed E-state index contributed by atoms with van der Waals surface area (Å²) in [6, 6.07) is 2.03. The highest BCUT2D eigenvalue weighted by molar-refractivity contribution is 7.07. The summed E-state index contributed by atoms with van der Waals surface area (Å²) in [6.07, 6.45) is 4.08. The first-order chi connectivity index (χ1) is 6.38. The van der Waals surface area contributed by atoms with Crippen LogP contribution >= 0.6 is 11.3 Å². The third-order valence-corrected chi connectivity index (χ3v) is 2.51. The summed E-state index contributed by atoms with van der Waals surface area (Å²) in [5.74, 6) is 0. The van der Waals surface area contributed by atoms with Crippen LogP contribution in [0.15, 0.2) is 29.4 Å². The van der Waals surface area contributed by atoms with Crippen molar-refractivity contribution in [2.45, 2.75) is 13.1 Å². The maximum Gasteiger partial charge on any atom is 0.0795 e. The highest BCUT2D eigenvalue weighted by atomic mass is 32.1. The summed E-state index contributed by atoms with van der Waals surface area (Å²) >= 11 is 1.62. The van der Waals surface area contributed by atoms with Gasteiger partial charge in [0.25, 0.3) is 0 Å². The third-order valence-electron chi connectivity index (χ3n) is 1.88. The molecule has 0 fully saturated rings. The van der Waals surface area contributed by atoms with E-state index in [1.54, 1.807) is 11.3 Å². The van der Waals surface area contributed by atoms with Crippen LogP contribution in [0.2, 0.25) is 0 Å². The van der Waals surface area contributed by atoms with E-state index in [1.165, 1.54) is 0 Å². The summed E-state index contributed by atoms with van der Waals surface area (Å²) in [6.45, 7) is 1.44. The van der Waals surface area contributed by atoms with Crippen molar-refractivity contribution in [1.29, 1.82) is 0 Å². The third kappa shape index (κ3) is 1.96. The molecule has 2 aromatic rings. The minimum Gasteiger partial charge on any atom is -0.348 e. The number of hydrogen-bond donors (Lipinski definition) is 1. The van der Waals surface area contributed by atoms with Gasteiger partial charge in [-0.1, -0.05) is 0 Å². The molecule has 0 spiro atoms. The van der Waals surface area contributed by atoms with Crippen LogP contribution in [0.25, 0.3) is 0 Å². The molecule has 3 nitrogen and oxygen atoms in total. The van der Waals surface area contributed by atoms with Gasteiger partial charge in [-0.3, -0.25) is 0 Å². The van der Waals surface area contributed by atoms with Crippen LogP contribution in [0, 0.1) is 0 Å². The number of rotatable bonds is 3. The van der Waals surface area contributed by atoms with Gasteiger partial charge in [0.05, 0.1) is 17.7 Å². The maximum absolute atomic E-state index is 5.51. The molecule has 4 heteroatoms. The van der Waals surface area contributed by atoms with Crippen LogP contribution in [-0.2, 0) is 13.1 Å². The maximum atomic E-state index is 5.51. The second-order valence-corrected chi connectivity index (χ2v) is 3.59. The Hall–Kier alpha value is -1.13. The molecule has 13 heavy (non-hydrogen) atoms. The molecule has 2 heterocycles. The van der Waals surface area contributed by atoms with Crippen molar-refractivity contribution < 1.29 is 0 Å². The van der Waals surface area contributed by atoms with Gasteiger partial charge in [-0.05, 0) is 11.6 Å². The van der Waals surface area contributed by atoms with Gasteiger partial charge in [-0.2, -0.15) is 0 Å². The highest BCUT2D eigenvalue weighted by Crippen LogP contribution is 2.06. The van der Waals surface area contributed by atoms with Gasteiger partial charge in [-0.15, -0.1) is 11.3 Å². The molecule has 0 bridgehead atoms. The quantitative estimate of drug-likeness (QED) is 0.801. The van der Waals surface area contributed by atoms with E-state index in [0.29, 0.717) is 6.54 Å². The molecule has 0 atom stereocenters. The van der Waals surface area contributed by atoms with Gasteiger partial charge < -0.3 is 10.3 Å². The summed E-state index contributed by atoms with van der Waals surface area (Å²) in [5.41, 5.74) is 9.62. The Morgan fingerprint density at radius 2 is 2.46 bits per heavy atom. The molecule has 0 radical (unpaired) electrons. The Kier molecular flexibility index (Phi) is 2.42. The Labute approximate surface area is 80.8 Å². The average Bonchev–Trinajstić information content (AvgIpc) is 2.76. The van der Waals surface area contributed by atoms with Gasteiger partial charge in [-0.25, -0.2) is 4.98 Å². The lowest BCUT2D eigenvalue weighted by molar-refractivity contribution is 0.783. The topological polar surface area (TPSA) is 43.8 Å². The van der Waals surface area contributed by atoms with Crippen molar-refractivity contribution in [2.24, 2.45) is 5.73 Å². The zero-order valence-electron chi connectivity index (χ0n) is 7.18. The summed E-state index contributed by atoms with van der Waals surface area (Å²) in [4.78, 5) is 4.21. The Balaban J connectivity index is 2.10. The second kappa shape index (κ2) is 3.72. The van der Waals surface area contributed by atoms with Crippen LogP contribution < -0.4 is 5.73 Å². The normalized spacial score (nSPS) is 10.5. The predicted octanol–water partition coefficient (Wildman–Crippen LogP) is 1.45. The predicted molar refractivity (Wildman–Crippen MR) is 53.5 cm³/mol. The molecule has 0 aromatic carbocycles. The number of hydrogen-bond acceptors (Lipinski definition) is 3. The first-order valence-electron chi connectivity index (χ1n) is 4.10. The van der Waals surface area contributed by atoms with Crippen LogP contribution in [0.1, 0.15) is 11.3 Å². The van der Waals surface area contributed by atoms with E-state index in [2.05, 4.69) is 21.1 Å². The number of nitrogens with zero attached hydrogens (tertiary/aromatic N) is 2. The van der Waals surface area contributed by atoms with E-state index in [1.807, 2.05) is 17.8 Å². The van der Waals surface area contributed by atoms with Gasteiger partial charge in [0, 0.05) is 24.3 Å². The van der Waals surface area contributed by atoms with E-state index >= 15 is 0 Å². The number of nitrogens with two attached hydrogens (primary N) is 1. The molecule has 0 aliphatic rings. The molecule has 0 aliphatic carbocycles. The lowest BCUT2D eigenvalue weighted by Gasteiger charge is -1.97. The lowest BCUT2D eigenvalue weighted by atomic mass is 10.3. The molecule has 0 aliphatic heterocycles. The van der Waals surface area contributed by atoms with Gasteiger partial charge >= 0.3 is 0 Å². The molecule has 2 N–H and O–H groups in total. The Morgan fingerprint density at radius 3 is 3.08 bits per heavy atom. The first kappa shape index (κ1) is 8.47. The fourth-order valence-electron chi connectivity index (χ4n) is 1.21. The molecule has 0 saturated heterocycles. The van der Waals surface area contributed by atoms with Crippen LogP contribution in [0.3, 0.4) is 0 Å². The monoisotopic (exact) mass is 193 g/mol. The van der Waals surface area contributed by atoms with Crippen LogP contribution in [-0.4, -0.2) is 9.55 Å². The molecule has 0 saturated carbocycles. The van der Waals surface area contributed by atoms with Crippen molar-refractivity contribution in [3.63, 3.8) is 0 Å². The van der Waals surface area contributed by atoms with Crippen molar-refractivity contribution in [2.75, 3.05) is 0 Å². The van der Waals surface area contributed by atoms with E-state index in [4.69, 9.17) is 5.73 Å². The highest BCUT2D eigenvalue weighted by Gasteiger charge is 1.97. The fourth-order valence-corrected chi connectivity index (χ4v) is 1.76. The second-order valence-electron chi connectivity index (χ2n) is 2.88. The molecule has 68 valence electrons. The molecule has 2 aromatic heterocycles. The first-order valence-corrected chi connectivity index (χ1v) is 5.04. The van der Waals surface area contributed by atoms with E-state index in [0.717, 1.165) is 17.8 Å². The van der Waals surface area contributed by atoms with Crippen molar-refractivity contribution in [3.8, 4) is 0 Å². The fraction of sp³-hybridized carbons (Fsp3) is 0.222. The summed E-state index contributed by atoms with van der Waals surface area (Å²) in [5, 5.41) is 2.06. The summed E-state index contributed by atoms with van der Waals surface area (Å²) in [7, 11) is 0. The zero-order chi connectivity index (χ0) is 9.10. The average molecular weight is 193 g/mol. The minimum absolute atomic E-state index is 0.601. The van der Waals surface area contributed by atoms with E-state index < -0.39 is 0 Å². The SMILES string of the molecule is NCc1ccn(Cc2cscn2)c1. The number of thiazole rings is 1. The standard InChI is InChI=1S/C9H11N3S/c10-3-8-1-2-12(4-8)5-9-6-13-7-11-9/h1-2,4,6-7H,3,5,10H2. The van der Waals surface area contributed by atoms with E-state index in [9.17, 15) is 0 Å². The van der Waals surface area contributed by atoms with Crippen LogP contribution in [0.4, 0.5) is 0 Å².